The van der Waals surface area contributed by atoms with Crippen molar-refractivity contribution in [2.24, 2.45) is 0 Å². The fourth-order valence-electron chi connectivity index (χ4n) is 3.20. The number of methoxy groups -OCH3 is 1. The van der Waals surface area contributed by atoms with Crippen LogP contribution in [0.25, 0.3) is 0 Å². The van der Waals surface area contributed by atoms with Gasteiger partial charge in [-0.05, 0) is 48.9 Å². The Kier molecular flexibility index (Phi) is 8.65. The van der Waals surface area contributed by atoms with Crippen molar-refractivity contribution in [3.8, 4) is 5.75 Å². The van der Waals surface area contributed by atoms with E-state index >= 15 is 0 Å². The van der Waals surface area contributed by atoms with E-state index in [0.717, 1.165) is 5.56 Å². The maximum Gasteiger partial charge on any atom is 0.309 e. The summed E-state index contributed by atoms with van der Waals surface area (Å²) in [6.07, 6.45) is -1.20. The Hall–Kier alpha value is -3.84. The molecule has 0 aliphatic rings. The molecule has 176 valence electrons. The zero-order chi connectivity index (χ0) is 24.5. The Morgan fingerprint density at radius 2 is 1.56 bits per heavy atom. The van der Waals surface area contributed by atoms with Crippen LogP contribution in [0.1, 0.15) is 35.3 Å². The first-order valence-corrected chi connectivity index (χ1v) is 11.0. The van der Waals surface area contributed by atoms with Crippen molar-refractivity contribution in [3.05, 3.63) is 95.0 Å². The summed E-state index contributed by atoms with van der Waals surface area (Å²) < 4.78 is 10.4. The number of nitrogens with one attached hydrogen (secondary N) is 2. The molecule has 34 heavy (non-hydrogen) atoms. The first-order chi connectivity index (χ1) is 16.4. The molecule has 0 saturated carbocycles. The first kappa shape index (κ1) is 24.8. The quantitative estimate of drug-likeness (QED) is 0.430. The molecule has 0 aromatic heterocycles. The number of halogens is 1. The second kappa shape index (κ2) is 11.9. The van der Waals surface area contributed by atoms with Gasteiger partial charge in [0.15, 0.2) is 6.10 Å². The molecule has 0 bridgehead atoms. The van der Waals surface area contributed by atoms with Gasteiger partial charge in [-0.1, -0.05) is 54.1 Å². The molecule has 3 aromatic carbocycles. The minimum absolute atomic E-state index is 0.166. The first-order valence-electron chi connectivity index (χ1n) is 10.6. The summed E-state index contributed by atoms with van der Waals surface area (Å²) in [5.41, 5.74) is 1.56. The molecule has 8 heteroatoms. The van der Waals surface area contributed by atoms with Crippen molar-refractivity contribution in [1.29, 1.82) is 0 Å². The van der Waals surface area contributed by atoms with Gasteiger partial charge in [0.25, 0.3) is 11.8 Å². The lowest BCUT2D eigenvalue weighted by molar-refractivity contribution is -0.153. The van der Waals surface area contributed by atoms with Gasteiger partial charge < -0.3 is 20.1 Å². The second-order valence-electron chi connectivity index (χ2n) is 7.47. The van der Waals surface area contributed by atoms with Gasteiger partial charge in [-0.15, -0.1) is 0 Å². The maximum absolute atomic E-state index is 12.8. The van der Waals surface area contributed by atoms with E-state index in [1.54, 1.807) is 79.9 Å². The lowest BCUT2D eigenvalue weighted by Crippen LogP contribution is -2.34. The molecule has 2 N–H and O–H groups in total. The van der Waals surface area contributed by atoms with E-state index < -0.39 is 29.9 Å². The number of rotatable bonds is 9. The number of carbonyl (C=O) groups excluding carboxylic acids is 3. The van der Waals surface area contributed by atoms with E-state index in [2.05, 4.69) is 10.6 Å². The summed E-state index contributed by atoms with van der Waals surface area (Å²) in [6, 6.07) is 21.8. The molecular formula is C26H25ClN2O5. The van der Waals surface area contributed by atoms with Gasteiger partial charge in [0.05, 0.1) is 30.2 Å². The van der Waals surface area contributed by atoms with E-state index in [9.17, 15) is 14.4 Å². The molecule has 7 nitrogen and oxygen atoms in total. The third kappa shape index (κ3) is 6.83. The van der Waals surface area contributed by atoms with Crippen LogP contribution >= 0.6 is 11.6 Å². The summed E-state index contributed by atoms with van der Waals surface area (Å²) in [5.74, 6) is -0.874. The van der Waals surface area contributed by atoms with Crippen LogP contribution in [0, 0.1) is 0 Å². The Morgan fingerprint density at radius 1 is 0.912 bits per heavy atom. The third-order valence-corrected chi connectivity index (χ3v) is 5.36. The number of amides is 2. The summed E-state index contributed by atoms with van der Waals surface area (Å²) in [7, 11) is 1.55. The molecule has 0 unspecified atom stereocenters. The highest BCUT2D eigenvalue weighted by Gasteiger charge is 2.24. The van der Waals surface area contributed by atoms with Crippen LogP contribution in [0.2, 0.25) is 5.02 Å². The smallest absolute Gasteiger partial charge is 0.309 e. The van der Waals surface area contributed by atoms with Crippen LogP contribution in [-0.4, -0.2) is 31.0 Å². The number of carbonyl (C=O) groups is 3. The Labute approximate surface area is 203 Å². The van der Waals surface area contributed by atoms with Crippen LogP contribution < -0.4 is 15.4 Å². The van der Waals surface area contributed by atoms with Gasteiger partial charge in [-0.3, -0.25) is 14.4 Å². The van der Waals surface area contributed by atoms with Gasteiger partial charge in [0.2, 0.25) is 0 Å². The van der Waals surface area contributed by atoms with E-state index in [1.807, 2.05) is 6.07 Å². The predicted octanol–water partition coefficient (Wildman–Crippen LogP) is 4.78. The summed E-state index contributed by atoms with van der Waals surface area (Å²) in [5, 5.41) is 5.83. The fourth-order valence-corrected chi connectivity index (χ4v) is 3.42. The predicted molar refractivity (Wildman–Crippen MR) is 130 cm³/mol. The summed E-state index contributed by atoms with van der Waals surface area (Å²) in [6.45, 7) is 1.48. The lowest BCUT2D eigenvalue weighted by atomic mass is 10.0. The van der Waals surface area contributed by atoms with Gasteiger partial charge in [-0.2, -0.15) is 0 Å². The minimum Gasteiger partial charge on any atom is -0.497 e. The highest BCUT2D eigenvalue weighted by atomic mass is 35.5. The molecule has 2 amide bonds. The molecule has 0 aliphatic carbocycles. The van der Waals surface area contributed by atoms with Crippen molar-refractivity contribution in [2.45, 2.75) is 25.5 Å². The number of benzene rings is 3. The van der Waals surface area contributed by atoms with Crippen molar-refractivity contribution < 1.29 is 23.9 Å². The molecule has 0 aliphatic heterocycles. The van der Waals surface area contributed by atoms with Crippen molar-refractivity contribution in [3.63, 3.8) is 0 Å². The van der Waals surface area contributed by atoms with E-state index in [1.165, 1.54) is 6.92 Å². The highest BCUT2D eigenvalue weighted by molar-refractivity contribution is 6.33. The van der Waals surface area contributed by atoms with Crippen LogP contribution in [0.3, 0.4) is 0 Å². The molecule has 0 saturated heterocycles. The highest BCUT2D eigenvalue weighted by Crippen LogP contribution is 2.21. The second-order valence-corrected chi connectivity index (χ2v) is 7.88. The molecule has 0 spiro atoms. The number of hydrogen-bond donors (Lipinski definition) is 2. The van der Waals surface area contributed by atoms with Crippen molar-refractivity contribution in [1.82, 2.24) is 5.32 Å². The van der Waals surface area contributed by atoms with Gasteiger partial charge >= 0.3 is 5.97 Å². The van der Waals surface area contributed by atoms with E-state index in [-0.39, 0.29) is 6.42 Å². The molecular weight excluding hydrogens is 456 g/mol. The maximum atomic E-state index is 12.8. The van der Waals surface area contributed by atoms with Crippen LogP contribution in [0.5, 0.6) is 5.75 Å². The fraction of sp³-hybridized carbons (Fsp3) is 0.192. The topological polar surface area (TPSA) is 93.7 Å². The van der Waals surface area contributed by atoms with Crippen LogP contribution in [0.15, 0.2) is 78.9 Å². The number of hydrogen-bond acceptors (Lipinski definition) is 5. The average Bonchev–Trinajstić information content (AvgIpc) is 2.84. The van der Waals surface area contributed by atoms with Gasteiger partial charge in [0, 0.05) is 5.69 Å². The Morgan fingerprint density at radius 3 is 2.21 bits per heavy atom. The minimum atomic E-state index is -1.04. The molecule has 3 aromatic rings. The molecule has 0 heterocycles. The number of ether oxygens (including phenoxy) is 2. The zero-order valence-electron chi connectivity index (χ0n) is 18.8. The molecule has 0 radical (unpaired) electrons. The van der Waals surface area contributed by atoms with Crippen molar-refractivity contribution in [2.75, 3.05) is 12.4 Å². The van der Waals surface area contributed by atoms with Crippen molar-refractivity contribution >= 4 is 35.1 Å². The molecule has 0 fully saturated rings. The number of esters is 1. The van der Waals surface area contributed by atoms with Gasteiger partial charge in [0.1, 0.15) is 5.75 Å². The van der Waals surface area contributed by atoms with E-state index in [0.29, 0.717) is 22.0 Å². The average molecular weight is 481 g/mol. The molecule has 2 atom stereocenters. The Bertz CT molecular complexity index is 1140. The van der Waals surface area contributed by atoms with Crippen LogP contribution in [-0.2, 0) is 14.3 Å². The summed E-state index contributed by atoms with van der Waals surface area (Å²) in [4.78, 5) is 37.9. The lowest BCUT2D eigenvalue weighted by Gasteiger charge is -2.20. The normalized spacial score (nSPS) is 12.2. The standard InChI is InChI=1S/C26H25ClN2O5/c1-17(25(31)28-19-12-14-20(33-2)15-13-19)34-24(30)16-23(18-8-4-3-5-9-18)29-26(32)21-10-6-7-11-22(21)27/h3-15,17,23H,16H2,1-2H3,(H,28,31)(H,29,32)/t17-,23-/m1/s1. The van der Waals surface area contributed by atoms with Crippen LogP contribution in [0.4, 0.5) is 5.69 Å². The van der Waals surface area contributed by atoms with Gasteiger partial charge in [-0.25, -0.2) is 0 Å². The third-order valence-electron chi connectivity index (χ3n) is 5.03. The number of anilines is 1. The van der Waals surface area contributed by atoms with E-state index in [4.69, 9.17) is 21.1 Å². The molecule has 3 rings (SSSR count). The zero-order valence-corrected chi connectivity index (χ0v) is 19.5. The summed E-state index contributed by atoms with van der Waals surface area (Å²) >= 11 is 6.14. The largest absolute Gasteiger partial charge is 0.497 e. The monoisotopic (exact) mass is 480 g/mol. The SMILES string of the molecule is COc1ccc(NC(=O)[C@@H](C)OC(=O)C[C@@H](NC(=O)c2ccccc2Cl)c2ccccc2)cc1. The Balaban J connectivity index is 1.64.